The zero-order valence-electron chi connectivity index (χ0n) is 12.5. The van der Waals surface area contributed by atoms with Crippen LogP contribution in [-0.2, 0) is 4.74 Å². The molecule has 1 amide bonds. The lowest BCUT2D eigenvalue weighted by Gasteiger charge is -2.39. The van der Waals surface area contributed by atoms with Crippen LogP contribution in [0.15, 0.2) is 0 Å². The second-order valence-electron chi connectivity index (χ2n) is 6.56. The Kier molecular flexibility index (Phi) is 5.02. The van der Waals surface area contributed by atoms with Gasteiger partial charge in [-0.2, -0.15) is 0 Å². The minimum atomic E-state index is -0.401. The van der Waals surface area contributed by atoms with E-state index in [1.54, 1.807) is 0 Å². The number of ether oxygens (including phenoxy) is 1. The number of carbonyl (C=O) groups is 1. The van der Waals surface area contributed by atoms with Crippen molar-refractivity contribution in [3.05, 3.63) is 0 Å². The number of likely N-dealkylation sites (tertiary alicyclic amines) is 1. The fraction of sp³-hybridized carbons (Fsp3) is 0.929. The van der Waals surface area contributed by atoms with E-state index in [9.17, 15) is 4.79 Å². The van der Waals surface area contributed by atoms with Gasteiger partial charge in [-0.15, -0.1) is 0 Å². The summed E-state index contributed by atoms with van der Waals surface area (Å²) < 4.78 is 5.40. The molecule has 1 fully saturated rings. The summed E-state index contributed by atoms with van der Waals surface area (Å²) in [5, 5.41) is 3.41. The van der Waals surface area contributed by atoms with Crippen LogP contribution in [0.4, 0.5) is 4.79 Å². The molecule has 0 bridgehead atoms. The average Bonchev–Trinajstić information content (AvgIpc) is 2.25. The smallest absolute Gasteiger partial charge is 0.410 e. The van der Waals surface area contributed by atoms with Crippen LogP contribution in [0, 0.1) is 5.41 Å². The second kappa shape index (κ2) is 5.91. The molecular formula is C14H28N2O2. The van der Waals surface area contributed by atoms with Crippen molar-refractivity contribution >= 4 is 6.09 Å². The Morgan fingerprint density at radius 1 is 1.33 bits per heavy atom. The van der Waals surface area contributed by atoms with E-state index in [4.69, 9.17) is 4.74 Å². The van der Waals surface area contributed by atoms with Gasteiger partial charge in [-0.1, -0.05) is 13.8 Å². The van der Waals surface area contributed by atoms with Gasteiger partial charge in [-0.3, -0.25) is 0 Å². The maximum Gasteiger partial charge on any atom is 0.410 e. The second-order valence-corrected chi connectivity index (χ2v) is 6.56. The van der Waals surface area contributed by atoms with Crippen molar-refractivity contribution < 1.29 is 9.53 Å². The van der Waals surface area contributed by atoms with Gasteiger partial charge >= 0.3 is 6.09 Å². The lowest BCUT2D eigenvalue weighted by atomic mass is 9.80. The predicted octanol–water partition coefficient (Wildman–Crippen LogP) is 2.63. The van der Waals surface area contributed by atoms with Gasteiger partial charge in [0.05, 0.1) is 0 Å². The molecule has 106 valence electrons. The number of nitrogens with one attached hydrogen (secondary N) is 1. The van der Waals surface area contributed by atoms with Crippen molar-refractivity contribution in [2.24, 2.45) is 5.41 Å². The number of rotatable bonds is 3. The van der Waals surface area contributed by atoms with Crippen molar-refractivity contribution in [1.29, 1.82) is 0 Å². The van der Waals surface area contributed by atoms with E-state index >= 15 is 0 Å². The Balaban J connectivity index is 2.41. The maximum absolute atomic E-state index is 11.9. The summed E-state index contributed by atoms with van der Waals surface area (Å²) in [6.07, 6.45) is 1.91. The molecule has 0 unspecified atom stereocenters. The molecule has 4 heteroatoms. The fourth-order valence-electron chi connectivity index (χ4n) is 2.16. The van der Waals surface area contributed by atoms with Crippen LogP contribution in [0.2, 0.25) is 0 Å². The Morgan fingerprint density at radius 2 is 1.89 bits per heavy atom. The quantitative estimate of drug-likeness (QED) is 0.844. The zero-order valence-corrected chi connectivity index (χ0v) is 12.5. The minimum Gasteiger partial charge on any atom is -0.444 e. The Labute approximate surface area is 111 Å². The van der Waals surface area contributed by atoms with E-state index in [1.165, 1.54) is 0 Å². The Hall–Kier alpha value is -0.770. The monoisotopic (exact) mass is 256 g/mol. The third kappa shape index (κ3) is 4.84. The van der Waals surface area contributed by atoms with Crippen LogP contribution in [0.25, 0.3) is 0 Å². The summed E-state index contributed by atoms with van der Waals surface area (Å²) in [7, 11) is 0. The van der Waals surface area contributed by atoms with Crippen molar-refractivity contribution in [2.45, 2.75) is 53.1 Å². The molecule has 1 aliphatic rings. The zero-order chi connectivity index (χ0) is 13.8. The van der Waals surface area contributed by atoms with Gasteiger partial charge in [-0.25, -0.2) is 4.79 Å². The molecule has 0 spiro atoms. The van der Waals surface area contributed by atoms with E-state index in [0.717, 1.165) is 39.0 Å². The van der Waals surface area contributed by atoms with Crippen molar-refractivity contribution in [3.8, 4) is 0 Å². The van der Waals surface area contributed by atoms with Gasteiger partial charge in [0.2, 0.25) is 0 Å². The van der Waals surface area contributed by atoms with Crippen LogP contribution < -0.4 is 5.32 Å². The molecule has 0 radical (unpaired) electrons. The van der Waals surface area contributed by atoms with E-state index in [-0.39, 0.29) is 6.09 Å². The molecule has 18 heavy (non-hydrogen) atoms. The molecule has 0 aromatic carbocycles. The maximum atomic E-state index is 11.9. The van der Waals surface area contributed by atoms with Crippen molar-refractivity contribution in [2.75, 3.05) is 26.2 Å². The number of amides is 1. The van der Waals surface area contributed by atoms with Crippen LogP contribution in [0.5, 0.6) is 0 Å². The summed E-state index contributed by atoms with van der Waals surface area (Å²) in [5.41, 5.74) is -0.0872. The van der Waals surface area contributed by atoms with E-state index < -0.39 is 5.60 Å². The van der Waals surface area contributed by atoms with Gasteiger partial charge in [0.25, 0.3) is 0 Å². The molecule has 1 heterocycles. The molecular weight excluding hydrogens is 228 g/mol. The van der Waals surface area contributed by atoms with Gasteiger partial charge < -0.3 is 15.0 Å². The third-order valence-electron chi connectivity index (χ3n) is 3.42. The summed E-state index contributed by atoms with van der Waals surface area (Å²) in [5.74, 6) is 0. The molecule has 1 N–H and O–H groups in total. The standard InChI is InChI=1S/C14H28N2O2/c1-6-15-11-14(5)7-9-16(10-8-14)12(17)18-13(2,3)4/h15H,6-11H2,1-5H3. The largest absolute Gasteiger partial charge is 0.444 e. The highest BCUT2D eigenvalue weighted by atomic mass is 16.6. The first-order valence-corrected chi connectivity index (χ1v) is 6.94. The summed E-state index contributed by atoms with van der Waals surface area (Å²) in [4.78, 5) is 13.8. The molecule has 0 atom stereocenters. The molecule has 1 aliphatic heterocycles. The lowest BCUT2D eigenvalue weighted by molar-refractivity contribution is 0.0120. The first-order valence-electron chi connectivity index (χ1n) is 6.94. The predicted molar refractivity (Wildman–Crippen MR) is 73.7 cm³/mol. The summed E-state index contributed by atoms with van der Waals surface area (Å²) >= 11 is 0. The van der Waals surface area contributed by atoms with Crippen molar-refractivity contribution in [3.63, 3.8) is 0 Å². The topological polar surface area (TPSA) is 41.6 Å². The van der Waals surface area contributed by atoms with Gasteiger partial charge in [0.1, 0.15) is 5.60 Å². The van der Waals surface area contributed by atoms with E-state index in [0.29, 0.717) is 5.41 Å². The molecule has 4 nitrogen and oxygen atoms in total. The first kappa shape index (κ1) is 15.3. The lowest BCUT2D eigenvalue weighted by Crippen LogP contribution is -2.47. The number of piperidine rings is 1. The molecule has 0 aliphatic carbocycles. The minimum absolute atomic E-state index is 0.173. The Morgan fingerprint density at radius 3 is 2.33 bits per heavy atom. The van der Waals surface area contributed by atoms with Gasteiger partial charge in [0.15, 0.2) is 0 Å². The van der Waals surface area contributed by atoms with Crippen LogP contribution >= 0.6 is 0 Å². The first-order chi connectivity index (χ1) is 8.26. The van der Waals surface area contributed by atoms with Crippen LogP contribution in [0.1, 0.15) is 47.5 Å². The Bertz CT molecular complexity index is 276. The highest BCUT2D eigenvalue weighted by Gasteiger charge is 2.33. The molecule has 0 aromatic rings. The number of carbonyl (C=O) groups excluding carboxylic acids is 1. The van der Waals surface area contributed by atoms with Crippen LogP contribution in [0.3, 0.4) is 0 Å². The van der Waals surface area contributed by atoms with E-state index in [1.807, 2.05) is 25.7 Å². The molecule has 0 saturated carbocycles. The molecule has 1 saturated heterocycles. The number of hydrogen-bond donors (Lipinski definition) is 1. The fourth-order valence-corrected chi connectivity index (χ4v) is 2.16. The SMILES string of the molecule is CCNCC1(C)CCN(C(=O)OC(C)(C)C)CC1. The van der Waals surface area contributed by atoms with Crippen LogP contribution in [-0.4, -0.2) is 42.8 Å². The number of hydrogen-bond acceptors (Lipinski definition) is 3. The summed E-state index contributed by atoms with van der Waals surface area (Å²) in [6.45, 7) is 13.8. The summed E-state index contributed by atoms with van der Waals surface area (Å²) in [6, 6.07) is 0. The number of nitrogens with zero attached hydrogens (tertiary/aromatic N) is 1. The highest BCUT2D eigenvalue weighted by Crippen LogP contribution is 2.30. The highest BCUT2D eigenvalue weighted by molar-refractivity contribution is 5.68. The van der Waals surface area contributed by atoms with Crippen molar-refractivity contribution in [1.82, 2.24) is 10.2 Å². The van der Waals surface area contributed by atoms with Gasteiger partial charge in [-0.05, 0) is 45.6 Å². The third-order valence-corrected chi connectivity index (χ3v) is 3.42. The van der Waals surface area contributed by atoms with E-state index in [2.05, 4.69) is 19.2 Å². The molecule has 1 rings (SSSR count). The molecule has 0 aromatic heterocycles. The normalized spacial score (nSPS) is 19.7. The average molecular weight is 256 g/mol. The van der Waals surface area contributed by atoms with Gasteiger partial charge in [0, 0.05) is 19.6 Å².